The molecule has 2 atom stereocenters. The second-order valence-corrected chi connectivity index (χ2v) is 8.69. The Kier molecular flexibility index (Phi) is 5.23. The van der Waals surface area contributed by atoms with E-state index in [2.05, 4.69) is 11.1 Å². The molecule has 0 saturated carbocycles. The van der Waals surface area contributed by atoms with E-state index in [1.54, 1.807) is 24.4 Å². The lowest BCUT2D eigenvalue weighted by Gasteiger charge is -2.46. The standard InChI is InChI=1S/C26H24N4O3/c1-26(2)24(31)23(19-15-17(16-27)10-11-21(19)33-26)30(14-12-18-7-5-6-13-28-18)25-29-20-8-3-4-9-22(20)32-25/h3-11,13,15,23-24,31H,12,14H2,1-2H3/t23-,24+/m0/s1. The van der Waals surface area contributed by atoms with E-state index >= 15 is 0 Å². The minimum absolute atomic E-state index is 0.405. The number of nitrogens with zero attached hydrogens (tertiary/aromatic N) is 4. The van der Waals surface area contributed by atoms with E-state index in [9.17, 15) is 10.4 Å². The Labute approximate surface area is 191 Å². The highest BCUT2D eigenvalue weighted by Crippen LogP contribution is 2.45. The van der Waals surface area contributed by atoms with E-state index in [-0.39, 0.29) is 0 Å². The molecule has 1 N–H and O–H groups in total. The first-order chi connectivity index (χ1) is 16.0. The highest BCUT2D eigenvalue weighted by Gasteiger charge is 2.46. The van der Waals surface area contributed by atoms with Crippen molar-refractivity contribution in [2.45, 2.75) is 38.0 Å². The average molecular weight is 441 g/mol. The lowest BCUT2D eigenvalue weighted by molar-refractivity contribution is -0.0592. The SMILES string of the molecule is CC1(C)Oc2ccc(C#N)cc2[C@H](N(CCc2ccccn2)c2nc3ccccc3o2)[C@H]1O. The van der Waals surface area contributed by atoms with Crippen LogP contribution in [0.1, 0.15) is 36.7 Å². The molecule has 5 rings (SSSR count). The number of fused-ring (bicyclic) bond motifs is 2. The fourth-order valence-corrected chi connectivity index (χ4v) is 4.29. The first-order valence-electron chi connectivity index (χ1n) is 10.9. The van der Waals surface area contributed by atoms with Gasteiger partial charge in [-0.3, -0.25) is 4.98 Å². The zero-order valence-corrected chi connectivity index (χ0v) is 18.5. The van der Waals surface area contributed by atoms with Crippen molar-refractivity contribution in [3.05, 3.63) is 83.7 Å². The molecule has 0 amide bonds. The Morgan fingerprint density at radius 3 is 2.70 bits per heavy atom. The number of aromatic nitrogens is 2. The Morgan fingerprint density at radius 1 is 1.12 bits per heavy atom. The summed E-state index contributed by atoms with van der Waals surface area (Å²) in [7, 11) is 0. The van der Waals surface area contributed by atoms with Crippen molar-refractivity contribution in [1.29, 1.82) is 5.26 Å². The molecule has 2 aromatic carbocycles. The number of ether oxygens (including phenoxy) is 1. The molecular weight excluding hydrogens is 416 g/mol. The smallest absolute Gasteiger partial charge is 0.299 e. The van der Waals surface area contributed by atoms with Gasteiger partial charge in [0.1, 0.15) is 23.0 Å². The van der Waals surface area contributed by atoms with Crippen LogP contribution in [0.4, 0.5) is 6.01 Å². The van der Waals surface area contributed by atoms with E-state index in [4.69, 9.17) is 14.1 Å². The Bertz CT molecular complexity index is 1290. The summed E-state index contributed by atoms with van der Waals surface area (Å²) < 4.78 is 12.3. The fourth-order valence-electron chi connectivity index (χ4n) is 4.29. The minimum Gasteiger partial charge on any atom is -0.485 e. The molecule has 7 nitrogen and oxygen atoms in total. The molecule has 0 spiro atoms. The number of pyridine rings is 1. The number of para-hydroxylation sites is 2. The maximum Gasteiger partial charge on any atom is 0.299 e. The van der Waals surface area contributed by atoms with Crippen molar-refractivity contribution in [2.24, 2.45) is 0 Å². The normalized spacial score (nSPS) is 18.8. The van der Waals surface area contributed by atoms with Gasteiger partial charge in [0, 0.05) is 30.4 Å². The molecular formula is C26H24N4O3. The van der Waals surface area contributed by atoms with Crippen LogP contribution in [0.2, 0.25) is 0 Å². The third-order valence-corrected chi connectivity index (χ3v) is 6.04. The predicted octanol–water partition coefficient (Wildman–Crippen LogP) is 4.42. The van der Waals surface area contributed by atoms with Gasteiger partial charge in [-0.2, -0.15) is 10.2 Å². The van der Waals surface area contributed by atoms with Gasteiger partial charge in [-0.15, -0.1) is 0 Å². The van der Waals surface area contributed by atoms with Gasteiger partial charge in [0.2, 0.25) is 0 Å². The number of benzene rings is 2. The second-order valence-electron chi connectivity index (χ2n) is 8.69. The lowest BCUT2D eigenvalue weighted by atomic mass is 9.85. The molecule has 7 heteroatoms. The van der Waals surface area contributed by atoms with Gasteiger partial charge in [-0.05, 0) is 56.3 Å². The average Bonchev–Trinajstić information content (AvgIpc) is 3.25. The van der Waals surface area contributed by atoms with Crippen LogP contribution in [-0.2, 0) is 6.42 Å². The zero-order valence-electron chi connectivity index (χ0n) is 18.5. The number of hydrogen-bond donors (Lipinski definition) is 1. The summed E-state index contributed by atoms with van der Waals surface area (Å²) in [5, 5.41) is 21.0. The summed E-state index contributed by atoms with van der Waals surface area (Å²) in [5.41, 5.74) is 2.69. The van der Waals surface area contributed by atoms with E-state index in [0.717, 1.165) is 16.8 Å². The molecule has 4 aromatic rings. The van der Waals surface area contributed by atoms with Crippen molar-refractivity contribution >= 4 is 17.1 Å². The monoisotopic (exact) mass is 440 g/mol. The van der Waals surface area contributed by atoms with Crippen molar-refractivity contribution in [3.63, 3.8) is 0 Å². The fraction of sp³-hybridized carbons (Fsp3) is 0.269. The summed E-state index contributed by atoms with van der Waals surface area (Å²) in [6.07, 6.45) is 1.48. The number of aliphatic hydroxyl groups is 1. The van der Waals surface area contributed by atoms with Crippen LogP contribution in [0.5, 0.6) is 5.75 Å². The number of hydrogen-bond acceptors (Lipinski definition) is 7. The molecule has 0 unspecified atom stereocenters. The van der Waals surface area contributed by atoms with Gasteiger partial charge in [-0.25, -0.2) is 0 Å². The lowest BCUT2D eigenvalue weighted by Crippen LogP contribution is -2.54. The van der Waals surface area contributed by atoms with Crippen LogP contribution in [0.15, 0.2) is 71.3 Å². The summed E-state index contributed by atoms with van der Waals surface area (Å²) >= 11 is 0. The van der Waals surface area contributed by atoms with Crippen LogP contribution in [0.3, 0.4) is 0 Å². The summed E-state index contributed by atoms with van der Waals surface area (Å²) in [6, 6.07) is 20.7. The predicted molar refractivity (Wildman–Crippen MR) is 124 cm³/mol. The van der Waals surface area contributed by atoms with Crippen LogP contribution in [0.25, 0.3) is 11.1 Å². The maximum absolute atomic E-state index is 11.5. The molecule has 0 bridgehead atoms. The van der Waals surface area contributed by atoms with E-state index in [1.165, 1.54) is 0 Å². The third kappa shape index (κ3) is 3.90. The first-order valence-corrected chi connectivity index (χ1v) is 10.9. The van der Waals surface area contributed by atoms with Gasteiger partial charge in [0.05, 0.1) is 17.7 Å². The molecule has 0 fully saturated rings. The number of rotatable bonds is 5. The molecule has 1 aliphatic rings. The highest BCUT2D eigenvalue weighted by atomic mass is 16.5. The van der Waals surface area contributed by atoms with Crippen molar-refractivity contribution < 1.29 is 14.3 Å². The number of aliphatic hydroxyl groups excluding tert-OH is 1. The van der Waals surface area contributed by atoms with Gasteiger partial charge < -0.3 is 19.2 Å². The van der Waals surface area contributed by atoms with Crippen molar-refractivity contribution in [3.8, 4) is 11.8 Å². The molecule has 0 radical (unpaired) electrons. The highest BCUT2D eigenvalue weighted by molar-refractivity contribution is 5.74. The quantitative estimate of drug-likeness (QED) is 0.491. The minimum atomic E-state index is -0.905. The van der Waals surface area contributed by atoms with Crippen LogP contribution in [-0.4, -0.2) is 33.3 Å². The van der Waals surface area contributed by atoms with Crippen molar-refractivity contribution in [1.82, 2.24) is 9.97 Å². The summed E-state index contributed by atoms with van der Waals surface area (Å²) in [5.74, 6) is 0.633. The molecule has 166 valence electrons. The molecule has 1 aliphatic heterocycles. The maximum atomic E-state index is 11.5. The van der Waals surface area contributed by atoms with Crippen LogP contribution in [0, 0.1) is 11.3 Å². The molecule has 0 saturated heterocycles. The van der Waals surface area contributed by atoms with Gasteiger partial charge in [0.25, 0.3) is 6.01 Å². The van der Waals surface area contributed by atoms with Crippen LogP contribution >= 0.6 is 0 Å². The number of anilines is 1. The Balaban J connectivity index is 1.63. The largest absolute Gasteiger partial charge is 0.485 e. The number of nitriles is 1. The van der Waals surface area contributed by atoms with Gasteiger partial charge in [-0.1, -0.05) is 18.2 Å². The number of oxazole rings is 1. The molecule has 33 heavy (non-hydrogen) atoms. The van der Waals surface area contributed by atoms with Gasteiger partial charge in [0.15, 0.2) is 5.58 Å². The second kappa shape index (κ2) is 8.23. The zero-order chi connectivity index (χ0) is 23.0. The summed E-state index contributed by atoms with van der Waals surface area (Å²) in [4.78, 5) is 11.1. The van der Waals surface area contributed by atoms with Crippen LogP contribution < -0.4 is 9.64 Å². The first kappa shape index (κ1) is 21.0. The van der Waals surface area contributed by atoms with E-state index in [0.29, 0.717) is 35.9 Å². The van der Waals surface area contributed by atoms with Gasteiger partial charge >= 0.3 is 0 Å². The topological polar surface area (TPSA) is 95.4 Å². The Morgan fingerprint density at radius 2 is 1.94 bits per heavy atom. The van der Waals surface area contributed by atoms with E-state index < -0.39 is 17.7 Å². The third-order valence-electron chi connectivity index (χ3n) is 6.04. The van der Waals surface area contributed by atoms with Crippen molar-refractivity contribution in [2.75, 3.05) is 11.4 Å². The molecule has 2 aromatic heterocycles. The molecule has 0 aliphatic carbocycles. The Hall–Kier alpha value is -3.89. The molecule has 3 heterocycles. The summed E-state index contributed by atoms with van der Waals surface area (Å²) in [6.45, 7) is 4.21. The van der Waals surface area contributed by atoms with E-state index in [1.807, 2.05) is 61.2 Å².